The first kappa shape index (κ1) is 23.7. The topological polar surface area (TPSA) is 111 Å². The molecular weight excluding hydrogens is 472 g/mol. The summed E-state index contributed by atoms with van der Waals surface area (Å²) in [4.78, 5) is 0.00664. The highest BCUT2D eigenvalue weighted by atomic mass is 35.5. The fourth-order valence-electron chi connectivity index (χ4n) is 3.61. The number of nitrogens with two attached hydrogens (primary N) is 1. The third-order valence-corrected chi connectivity index (χ3v) is 6.40. The van der Waals surface area contributed by atoms with Gasteiger partial charge in [0.2, 0.25) is 10.0 Å². The van der Waals surface area contributed by atoms with Crippen LogP contribution in [0.5, 0.6) is 0 Å². The normalized spacial score (nSPS) is 11.3. The van der Waals surface area contributed by atoms with Gasteiger partial charge in [-0.1, -0.05) is 66.2 Å². The highest BCUT2D eigenvalue weighted by molar-refractivity contribution is 7.89. The summed E-state index contributed by atoms with van der Waals surface area (Å²) in [7, 11) is -3.82. The standard InChI is InChI=1S/C25H21ClN4O3S/c26-21-10-6-19(7-11-21)24-23(17-33-16-18-4-2-1-3-5-18)30(15-14-27)29-25(24)20-8-12-22(13-9-20)34(28,31)32/h1-13H,15-17H2,(H2,28,31,32). The first-order chi connectivity index (χ1) is 16.4. The van der Waals surface area contributed by atoms with Crippen molar-refractivity contribution in [2.45, 2.75) is 24.7 Å². The van der Waals surface area contributed by atoms with Gasteiger partial charge in [-0.15, -0.1) is 0 Å². The van der Waals surface area contributed by atoms with Gasteiger partial charge in [0, 0.05) is 16.1 Å². The van der Waals surface area contributed by atoms with Crippen molar-refractivity contribution in [2.24, 2.45) is 5.14 Å². The van der Waals surface area contributed by atoms with Gasteiger partial charge in [0.15, 0.2) is 0 Å². The summed E-state index contributed by atoms with van der Waals surface area (Å²) in [6, 6.07) is 25.4. The van der Waals surface area contributed by atoms with E-state index >= 15 is 0 Å². The lowest BCUT2D eigenvalue weighted by Crippen LogP contribution is -2.11. The van der Waals surface area contributed by atoms with Gasteiger partial charge in [0.1, 0.15) is 12.2 Å². The van der Waals surface area contributed by atoms with Crippen LogP contribution in [0.4, 0.5) is 0 Å². The van der Waals surface area contributed by atoms with Crippen LogP contribution in [-0.4, -0.2) is 18.2 Å². The van der Waals surface area contributed by atoms with Gasteiger partial charge in [-0.3, -0.25) is 4.68 Å². The van der Waals surface area contributed by atoms with E-state index in [0.717, 1.165) is 22.4 Å². The van der Waals surface area contributed by atoms with Gasteiger partial charge < -0.3 is 4.74 Å². The van der Waals surface area contributed by atoms with Gasteiger partial charge in [-0.25, -0.2) is 13.6 Å². The Bertz CT molecular complexity index is 1430. The maximum absolute atomic E-state index is 11.7. The summed E-state index contributed by atoms with van der Waals surface area (Å²) in [6.45, 7) is 0.647. The third kappa shape index (κ3) is 5.35. The third-order valence-electron chi connectivity index (χ3n) is 5.22. The number of nitriles is 1. The number of rotatable bonds is 8. The molecule has 1 heterocycles. The lowest BCUT2D eigenvalue weighted by molar-refractivity contribution is 0.102. The van der Waals surface area contributed by atoms with E-state index in [1.165, 1.54) is 12.1 Å². The van der Waals surface area contributed by atoms with Crippen LogP contribution in [0.25, 0.3) is 22.4 Å². The minimum absolute atomic E-state index is 0.00664. The molecule has 0 atom stereocenters. The fourth-order valence-corrected chi connectivity index (χ4v) is 4.25. The summed E-state index contributed by atoms with van der Waals surface area (Å²) >= 11 is 6.10. The molecule has 9 heteroatoms. The molecule has 0 bridgehead atoms. The zero-order chi connectivity index (χ0) is 24.1. The Hall–Kier alpha value is -3.48. The van der Waals surface area contributed by atoms with Crippen molar-refractivity contribution < 1.29 is 13.2 Å². The fraction of sp³-hybridized carbons (Fsp3) is 0.120. The smallest absolute Gasteiger partial charge is 0.238 e. The van der Waals surface area contributed by atoms with Crippen LogP contribution >= 0.6 is 11.6 Å². The van der Waals surface area contributed by atoms with Gasteiger partial charge in [0.25, 0.3) is 0 Å². The van der Waals surface area contributed by atoms with E-state index in [2.05, 4.69) is 11.2 Å². The van der Waals surface area contributed by atoms with Crippen molar-refractivity contribution in [1.29, 1.82) is 5.26 Å². The Balaban J connectivity index is 1.79. The molecule has 0 amide bonds. The van der Waals surface area contributed by atoms with Crippen LogP contribution in [0.15, 0.2) is 83.8 Å². The molecule has 2 N–H and O–H groups in total. The first-order valence-corrected chi connectivity index (χ1v) is 12.3. The number of ether oxygens (including phenoxy) is 1. The number of aromatic nitrogens is 2. The Kier molecular flexibility index (Phi) is 7.10. The Morgan fingerprint density at radius 3 is 2.21 bits per heavy atom. The van der Waals surface area contributed by atoms with Crippen molar-refractivity contribution >= 4 is 21.6 Å². The molecule has 0 spiro atoms. The van der Waals surface area contributed by atoms with Gasteiger partial charge in [-0.05, 0) is 35.4 Å². The van der Waals surface area contributed by atoms with Crippen LogP contribution in [-0.2, 0) is 34.5 Å². The highest BCUT2D eigenvalue weighted by Gasteiger charge is 2.21. The molecule has 7 nitrogen and oxygen atoms in total. The largest absolute Gasteiger partial charge is 0.370 e. The van der Waals surface area contributed by atoms with Crippen molar-refractivity contribution in [3.63, 3.8) is 0 Å². The Morgan fingerprint density at radius 2 is 1.59 bits per heavy atom. The van der Waals surface area contributed by atoms with Gasteiger partial charge in [0.05, 0.1) is 29.9 Å². The highest BCUT2D eigenvalue weighted by Crippen LogP contribution is 2.36. The molecule has 0 fully saturated rings. The first-order valence-electron chi connectivity index (χ1n) is 10.3. The van der Waals surface area contributed by atoms with E-state index in [-0.39, 0.29) is 18.0 Å². The van der Waals surface area contributed by atoms with Crippen LogP contribution < -0.4 is 5.14 Å². The molecule has 0 aliphatic rings. The number of hydrogen-bond donors (Lipinski definition) is 1. The lowest BCUT2D eigenvalue weighted by atomic mass is 9.99. The number of sulfonamides is 1. The van der Waals surface area contributed by atoms with Crippen LogP contribution in [0.2, 0.25) is 5.02 Å². The number of hydrogen-bond acceptors (Lipinski definition) is 5. The molecule has 0 aliphatic carbocycles. The van der Waals surface area contributed by atoms with Crippen molar-refractivity contribution in [1.82, 2.24) is 9.78 Å². The van der Waals surface area contributed by atoms with Crippen molar-refractivity contribution in [2.75, 3.05) is 0 Å². The average molecular weight is 493 g/mol. The SMILES string of the molecule is N#CCn1nc(-c2ccc(S(N)(=O)=O)cc2)c(-c2ccc(Cl)cc2)c1COCc1ccccc1. The lowest BCUT2D eigenvalue weighted by Gasteiger charge is -2.10. The van der Waals surface area contributed by atoms with E-state index in [0.29, 0.717) is 22.9 Å². The molecule has 4 rings (SSSR count). The number of benzene rings is 3. The molecule has 4 aromatic rings. The molecule has 0 saturated heterocycles. The van der Waals surface area contributed by atoms with Crippen LogP contribution in [0.3, 0.4) is 0 Å². The number of halogens is 1. The second kappa shape index (κ2) is 10.2. The van der Waals surface area contributed by atoms with Crippen molar-refractivity contribution in [3.05, 3.63) is 95.1 Å². The monoisotopic (exact) mass is 492 g/mol. The zero-order valence-electron chi connectivity index (χ0n) is 18.1. The van der Waals surface area contributed by atoms with E-state index < -0.39 is 10.0 Å². The maximum atomic E-state index is 11.7. The van der Waals surface area contributed by atoms with Crippen LogP contribution in [0, 0.1) is 11.3 Å². The Morgan fingerprint density at radius 1 is 0.941 bits per heavy atom. The van der Waals surface area contributed by atoms with Crippen LogP contribution in [0.1, 0.15) is 11.3 Å². The zero-order valence-corrected chi connectivity index (χ0v) is 19.6. The predicted octanol–water partition coefficient (Wildman–Crippen LogP) is 4.76. The quantitative estimate of drug-likeness (QED) is 0.381. The van der Waals surface area contributed by atoms with Crippen molar-refractivity contribution in [3.8, 4) is 28.5 Å². The molecule has 0 saturated carbocycles. The maximum Gasteiger partial charge on any atom is 0.238 e. The molecular formula is C25H21ClN4O3S. The second-order valence-corrected chi connectivity index (χ2v) is 9.54. The molecule has 172 valence electrons. The van der Waals surface area contributed by atoms with E-state index in [1.807, 2.05) is 42.5 Å². The summed E-state index contributed by atoms with van der Waals surface area (Å²) < 4.78 is 31.0. The summed E-state index contributed by atoms with van der Waals surface area (Å²) in [5.41, 5.74) is 4.65. The minimum Gasteiger partial charge on any atom is -0.370 e. The Labute approximate surface area is 203 Å². The summed E-state index contributed by atoms with van der Waals surface area (Å²) in [5.74, 6) is 0. The molecule has 3 aromatic carbocycles. The minimum atomic E-state index is -3.82. The summed E-state index contributed by atoms with van der Waals surface area (Å²) in [5, 5.41) is 19.9. The van der Waals surface area contributed by atoms with Gasteiger partial charge >= 0.3 is 0 Å². The average Bonchev–Trinajstić information content (AvgIpc) is 3.18. The number of nitrogens with zero attached hydrogens (tertiary/aromatic N) is 3. The van der Waals surface area contributed by atoms with E-state index in [4.69, 9.17) is 21.5 Å². The van der Waals surface area contributed by atoms with E-state index in [1.54, 1.807) is 28.9 Å². The van der Waals surface area contributed by atoms with Gasteiger partial charge in [-0.2, -0.15) is 10.4 Å². The molecule has 34 heavy (non-hydrogen) atoms. The molecule has 1 aromatic heterocycles. The van der Waals surface area contributed by atoms with E-state index in [9.17, 15) is 13.7 Å². The molecule has 0 aliphatic heterocycles. The summed E-state index contributed by atoms with van der Waals surface area (Å²) in [6.07, 6.45) is 0. The second-order valence-electron chi connectivity index (χ2n) is 7.54. The molecule has 0 radical (unpaired) electrons. The predicted molar refractivity (Wildman–Crippen MR) is 130 cm³/mol. The number of primary sulfonamides is 1. The molecule has 0 unspecified atom stereocenters.